The van der Waals surface area contributed by atoms with Crippen molar-refractivity contribution < 1.29 is 4.42 Å². The molecule has 65 heavy (non-hydrogen) atoms. The van der Waals surface area contributed by atoms with Gasteiger partial charge in [0.05, 0.1) is 27.9 Å². The van der Waals surface area contributed by atoms with Crippen molar-refractivity contribution in [2.45, 2.75) is 5.41 Å². The largest absolute Gasteiger partial charge is 0.456 e. The molecule has 4 heteroatoms. The van der Waals surface area contributed by atoms with E-state index >= 15 is 0 Å². The third kappa shape index (κ3) is 5.06. The predicted octanol–water partition coefficient (Wildman–Crippen LogP) is 17.2. The maximum absolute atomic E-state index is 6.52. The van der Waals surface area contributed by atoms with Gasteiger partial charge in [0.25, 0.3) is 0 Å². The van der Waals surface area contributed by atoms with Crippen molar-refractivity contribution in [1.29, 1.82) is 0 Å². The van der Waals surface area contributed by atoms with Crippen LogP contribution in [0.4, 0.5) is 34.1 Å². The van der Waals surface area contributed by atoms with Crippen LogP contribution < -0.4 is 9.80 Å². The van der Waals surface area contributed by atoms with Crippen LogP contribution >= 0.6 is 11.3 Å². The number of benzene rings is 10. The summed E-state index contributed by atoms with van der Waals surface area (Å²) in [5.41, 5.74) is 18.0. The Hall–Kier alpha value is -8.18. The molecule has 12 aromatic rings. The van der Waals surface area contributed by atoms with Crippen LogP contribution in [0.25, 0.3) is 64.4 Å². The zero-order valence-electron chi connectivity index (χ0n) is 35.2. The molecule has 2 heterocycles. The number of rotatable bonds is 6. The molecule has 0 saturated heterocycles. The molecule has 0 amide bonds. The van der Waals surface area contributed by atoms with E-state index in [1.54, 1.807) is 0 Å². The fraction of sp³-hybridized carbons (Fsp3) is 0.0164. The normalized spacial score (nSPS) is 14.5. The van der Waals surface area contributed by atoms with E-state index in [0.29, 0.717) is 0 Å². The summed E-state index contributed by atoms with van der Waals surface area (Å²) in [5.74, 6) is 0. The summed E-state index contributed by atoms with van der Waals surface area (Å²) in [4.78, 5) is 4.93. The highest BCUT2D eigenvalue weighted by Gasteiger charge is 2.52. The Bertz CT molecular complexity index is 3860. The van der Waals surface area contributed by atoms with E-state index in [9.17, 15) is 0 Å². The number of hydrogen-bond acceptors (Lipinski definition) is 4. The van der Waals surface area contributed by atoms with Crippen LogP contribution in [-0.2, 0) is 5.41 Å². The quantitative estimate of drug-likeness (QED) is 0.166. The van der Waals surface area contributed by atoms with Gasteiger partial charge in [0.15, 0.2) is 0 Å². The Morgan fingerprint density at radius 1 is 0.338 bits per heavy atom. The van der Waals surface area contributed by atoms with E-state index < -0.39 is 5.41 Å². The van der Waals surface area contributed by atoms with Crippen LogP contribution in [0.3, 0.4) is 0 Å². The second-order valence-electron chi connectivity index (χ2n) is 17.1. The Kier molecular flexibility index (Phi) is 7.77. The lowest BCUT2D eigenvalue weighted by Crippen LogP contribution is -2.26. The van der Waals surface area contributed by atoms with Gasteiger partial charge < -0.3 is 14.2 Å². The molecule has 1 atom stereocenters. The van der Waals surface area contributed by atoms with Gasteiger partial charge >= 0.3 is 0 Å². The lowest BCUT2D eigenvalue weighted by Gasteiger charge is -2.33. The minimum atomic E-state index is -0.593. The summed E-state index contributed by atoms with van der Waals surface area (Å²) in [6.45, 7) is 0. The van der Waals surface area contributed by atoms with Crippen molar-refractivity contribution in [3.8, 4) is 22.3 Å². The molecule has 0 bridgehead atoms. The molecule has 3 nitrogen and oxygen atoms in total. The molecule has 0 saturated carbocycles. The average molecular weight is 847 g/mol. The summed E-state index contributed by atoms with van der Waals surface area (Å²) < 4.78 is 9.10. The molecule has 1 spiro atoms. The number of thiophene rings is 1. The lowest BCUT2D eigenvalue weighted by molar-refractivity contribution is 0.669. The first kappa shape index (κ1) is 36.3. The van der Waals surface area contributed by atoms with E-state index in [0.717, 1.165) is 50.4 Å². The van der Waals surface area contributed by atoms with E-state index in [-0.39, 0.29) is 0 Å². The first-order chi connectivity index (χ1) is 32.3. The van der Waals surface area contributed by atoms with Crippen molar-refractivity contribution in [2.24, 2.45) is 0 Å². The highest BCUT2D eigenvalue weighted by atomic mass is 32.1. The van der Waals surface area contributed by atoms with Gasteiger partial charge in [-0.1, -0.05) is 152 Å². The SMILES string of the molecule is c1ccc(N(c2cccc3c2-c2ccccc2C32c3ccccc3-c3ccc(N(c4ccccc4)c4cccc5sc6ccccc6c45)cc32)c2cccc3oc4ccccc4c23)cc1. The predicted molar refractivity (Wildman–Crippen MR) is 272 cm³/mol. The van der Waals surface area contributed by atoms with Gasteiger partial charge in [0, 0.05) is 48.2 Å². The number of anilines is 6. The molecular weight excluding hydrogens is 809 g/mol. The molecule has 10 aromatic carbocycles. The van der Waals surface area contributed by atoms with Crippen LogP contribution in [0, 0.1) is 0 Å². The average Bonchev–Trinajstić information content (AvgIpc) is 4.11. The monoisotopic (exact) mass is 846 g/mol. The molecule has 0 fully saturated rings. The summed E-state index contributed by atoms with van der Waals surface area (Å²) >= 11 is 1.86. The van der Waals surface area contributed by atoms with Gasteiger partial charge in [-0.15, -0.1) is 11.3 Å². The Morgan fingerprint density at radius 2 is 0.892 bits per heavy atom. The summed E-state index contributed by atoms with van der Waals surface area (Å²) in [6.07, 6.45) is 0. The highest BCUT2D eigenvalue weighted by molar-refractivity contribution is 7.26. The van der Waals surface area contributed by atoms with Crippen LogP contribution in [0.1, 0.15) is 22.3 Å². The maximum Gasteiger partial charge on any atom is 0.137 e. The molecule has 2 aliphatic rings. The summed E-state index contributed by atoms with van der Waals surface area (Å²) in [5, 5.41) is 4.75. The van der Waals surface area contributed by atoms with Crippen LogP contribution in [0.2, 0.25) is 0 Å². The van der Waals surface area contributed by atoms with E-state index in [2.05, 4.69) is 234 Å². The molecule has 1 unspecified atom stereocenters. The molecule has 2 aromatic heterocycles. The van der Waals surface area contributed by atoms with Gasteiger partial charge in [-0.2, -0.15) is 0 Å². The summed E-state index contributed by atoms with van der Waals surface area (Å²) in [6, 6.07) is 84.6. The molecule has 0 radical (unpaired) electrons. The van der Waals surface area contributed by atoms with Crippen molar-refractivity contribution >= 4 is 87.6 Å². The molecule has 0 N–H and O–H groups in total. The summed E-state index contributed by atoms with van der Waals surface area (Å²) in [7, 11) is 0. The number of para-hydroxylation sites is 3. The van der Waals surface area contributed by atoms with Crippen molar-refractivity contribution in [3.63, 3.8) is 0 Å². The Balaban J connectivity index is 1.06. The minimum Gasteiger partial charge on any atom is -0.456 e. The standard InChI is InChI=1S/C61H38N2OS/c1-3-18-39(19-4-1)62(53-31-17-35-57-60(53)46-25-10-14-34-56(46)65-57)41-36-37-43-42-22-7-11-26-47(42)61(50(43)38-41)48-27-12-8-23-44(48)58-49(61)28-15-29-51(58)63(40-20-5-2-6-21-40)52-30-16-33-55-59(52)45-24-9-13-32-54(45)64-55/h1-38H. The van der Waals surface area contributed by atoms with E-state index in [1.165, 1.54) is 70.4 Å². The third-order valence-electron chi connectivity index (χ3n) is 13.8. The van der Waals surface area contributed by atoms with E-state index in [4.69, 9.17) is 4.42 Å². The molecular formula is C61H38N2OS. The van der Waals surface area contributed by atoms with E-state index in [1.807, 2.05) is 17.4 Å². The van der Waals surface area contributed by atoms with Crippen molar-refractivity contribution in [1.82, 2.24) is 0 Å². The number of furan rings is 1. The lowest BCUT2D eigenvalue weighted by atomic mass is 9.70. The van der Waals surface area contributed by atoms with Gasteiger partial charge in [-0.25, -0.2) is 0 Å². The second-order valence-corrected chi connectivity index (χ2v) is 18.2. The van der Waals surface area contributed by atoms with Crippen LogP contribution in [-0.4, -0.2) is 0 Å². The molecule has 304 valence electrons. The minimum absolute atomic E-state index is 0.593. The highest BCUT2D eigenvalue weighted by Crippen LogP contribution is 2.65. The number of nitrogens with zero attached hydrogens (tertiary/aromatic N) is 2. The maximum atomic E-state index is 6.52. The van der Waals surface area contributed by atoms with Gasteiger partial charge in [-0.3, -0.25) is 0 Å². The second kappa shape index (κ2) is 13.9. The molecule has 14 rings (SSSR count). The topological polar surface area (TPSA) is 19.6 Å². The first-order valence-electron chi connectivity index (χ1n) is 22.3. The third-order valence-corrected chi connectivity index (χ3v) is 15.0. The van der Waals surface area contributed by atoms with Crippen LogP contribution in [0.15, 0.2) is 235 Å². The number of hydrogen-bond donors (Lipinski definition) is 0. The van der Waals surface area contributed by atoms with Gasteiger partial charge in [-0.05, 0) is 118 Å². The van der Waals surface area contributed by atoms with Crippen molar-refractivity contribution in [2.75, 3.05) is 9.80 Å². The first-order valence-corrected chi connectivity index (χ1v) is 23.1. The number of fused-ring (bicyclic) bond motifs is 16. The fourth-order valence-corrected chi connectivity index (χ4v) is 12.5. The zero-order chi connectivity index (χ0) is 42.6. The molecule has 0 aliphatic heterocycles. The Labute approximate surface area is 380 Å². The van der Waals surface area contributed by atoms with Crippen molar-refractivity contribution in [3.05, 3.63) is 253 Å². The van der Waals surface area contributed by atoms with Crippen LogP contribution in [0.5, 0.6) is 0 Å². The smallest absolute Gasteiger partial charge is 0.137 e. The zero-order valence-corrected chi connectivity index (χ0v) is 36.0. The Morgan fingerprint density at radius 3 is 1.71 bits per heavy atom. The molecule has 2 aliphatic carbocycles. The fourth-order valence-electron chi connectivity index (χ4n) is 11.4. The van der Waals surface area contributed by atoms with Gasteiger partial charge in [0.2, 0.25) is 0 Å². The van der Waals surface area contributed by atoms with Gasteiger partial charge in [0.1, 0.15) is 11.2 Å².